The van der Waals surface area contributed by atoms with E-state index in [0.717, 1.165) is 36.0 Å². The second-order valence-corrected chi connectivity index (χ2v) is 4.04. The van der Waals surface area contributed by atoms with Crippen LogP contribution in [0.1, 0.15) is 24.4 Å². The number of nitrogens with zero attached hydrogens (tertiary/aromatic N) is 5. The van der Waals surface area contributed by atoms with Gasteiger partial charge in [-0.15, -0.1) is 10.2 Å². The Balaban J connectivity index is 2.13. The first-order chi connectivity index (χ1) is 7.86. The van der Waals surface area contributed by atoms with Crippen LogP contribution in [0.4, 0.5) is 0 Å². The molecule has 0 radical (unpaired) electrons. The van der Waals surface area contributed by atoms with Crippen molar-refractivity contribution in [1.29, 1.82) is 0 Å². The van der Waals surface area contributed by atoms with Crippen LogP contribution < -0.4 is 0 Å². The van der Waals surface area contributed by atoms with Gasteiger partial charge in [0.25, 0.3) is 0 Å². The quantitative estimate of drug-likeness (QED) is 0.721. The number of aromatic nitrogens is 5. The van der Waals surface area contributed by atoms with Gasteiger partial charge in [0.1, 0.15) is 11.5 Å². The first-order valence-electron chi connectivity index (χ1n) is 5.56. The van der Waals surface area contributed by atoms with Crippen molar-refractivity contribution < 1.29 is 0 Å². The molecule has 0 saturated carbocycles. The Labute approximate surface area is 93.6 Å². The maximum atomic E-state index is 4.34. The van der Waals surface area contributed by atoms with Crippen molar-refractivity contribution in [2.24, 2.45) is 0 Å². The van der Waals surface area contributed by atoms with Gasteiger partial charge in [0.2, 0.25) is 0 Å². The summed E-state index contributed by atoms with van der Waals surface area (Å²) in [6.07, 6.45) is 6.82. The molecule has 5 heteroatoms. The van der Waals surface area contributed by atoms with E-state index in [-0.39, 0.29) is 0 Å². The highest BCUT2D eigenvalue weighted by molar-refractivity contribution is 5.52. The van der Waals surface area contributed by atoms with Crippen molar-refractivity contribution in [2.45, 2.75) is 32.7 Å². The van der Waals surface area contributed by atoms with E-state index >= 15 is 0 Å². The fourth-order valence-electron chi connectivity index (χ4n) is 2.11. The minimum Gasteiger partial charge on any atom is -0.310 e. The minimum absolute atomic E-state index is 0.850. The number of rotatable bonds is 1. The summed E-state index contributed by atoms with van der Waals surface area (Å²) in [5.41, 5.74) is 1.76. The van der Waals surface area contributed by atoms with E-state index < -0.39 is 0 Å². The van der Waals surface area contributed by atoms with Crippen molar-refractivity contribution in [3.05, 3.63) is 23.9 Å². The van der Waals surface area contributed by atoms with Crippen molar-refractivity contribution in [1.82, 2.24) is 24.7 Å². The monoisotopic (exact) mass is 215 g/mol. The molecule has 82 valence electrons. The molecule has 0 fully saturated rings. The van der Waals surface area contributed by atoms with Gasteiger partial charge < -0.3 is 4.57 Å². The van der Waals surface area contributed by atoms with Gasteiger partial charge in [-0.3, -0.25) is 4.98 Å². The van der Waals surface area contributed by atoms with Gasteiger partial charge in [0, 0.05) is 25.4 Å². The third-order valence-electron chi connectivity index (χ3n) is 2.95. The lowest BCUT2D eigenvalue weighted by atomic mass is 10.1. The average Bonchev–Trinajstić information content (AvgIpc) is 2.74. The first kappa shape index (κ1) is 9.45. The molecule has 1 aliphatic rings. The van der Waals surface area contributed by atoms with Gasteiger partial charge in [0.15, 0.2) is 5.82 Å². The third kappa shape index (κ3) is 1.39. The Morgan fingerprint density at radius 1 is 1.12 bits per heavy atom. The highest BCUT2D eigenvalue weighted by Crippen LogP contribution is 2.22. The van der Waals surface area contributed by atoms with Crippen LogP contribution in [0.2, 0.25) is 0 Å². The van der Waals surface area contributed by atoms with Crippen LogP contribution in [-0.2, 0) is 13.0 Å². The zero-order valence-corrected chi connectivity index (χ0v) is 9.22. The molecule has 0 unspecified atom stereocenters. The Morgan fingerprint density at radius 2 is 2.00 bits per heavy atom. The smallest absolute Gasteiger partial charge is 0.184 e. The number of hydrogen-bond acceptors (Lipinski definition) is 4. The van der Waals surface area contributed by atoms with E-state index in [1.807, 2.05) is 6.92 Å². The van der Waals surface area contributed by atoms with Crippen molar-refractivity contribution in [2.75, 3.05) is 0 Å². The molecule has 0 aliphatic carbocycles. The molecular formula is C11H13N5. The molecular weight excluding hydrogens is 202 g/mol. The maximum absolute atomic E-state index is 4.34. The topological polar surface area (TPSA) is 56.5 Å². The standard InChI is InChI=1S/C11H13N5/c1-8-10(13-6-5-12-8)11-15-14-9-4-2-3-7-16(9)11/h5-6H,2-4,7H2,1H3. The van der Waals surface area contributed by atoms with Crippen molar-refractivity contribution >= 4 is 0 Å². The lowest BCUT2D eigenvalue weighted by molar-refractivity contribution is 0.525. The number of fused-ring (bicyclic) bond motifs is 1. The van der Waals surface area contributed by atoms with Crippen molar-refractivity contribution in [3.8, 4) is 11.5 Å². The Morgan fingerprint density at radius 3 is 2.88 bits per heavy atom. The zero-order chi connectivity index (χ0) is 11.0. The van der Waals surface area contributed by atoms with E-state index in [4.69, 9.17) is 0 Å². The molecule has 0 bridgehead atoms. The van der Waals surface area contributed by atoms with Gasteiger partial charge in [-0.2, -0.15) is 0 Å². The Kier molecular flexibility index (Phi) is 2.16. The van der Waals surface area contributed by atoms with E-state index in [0.29, 0.717) is 0 Å². The van der Waals surface area contributed by atoms with Crippen LogP contribution in [0.15, 0.2) is 12.4 Å². The molecule has 0 amide bonds. The molecule has 3 heterocycles. The molecule has 3 rings (SSSR count). The fourth-order valence-corrected chi connectivity index (χ4v) is 2.11. The van der Waals surface area contributed by atoms with Gasteiger partial charge in [0.05, 0.1) is 5.69 Å². The summed E-state index contributed by atoms with van der Waals surface area (Å²) in [6, 6.07) is 0. The summed E-state index contributed by atoms with van der Waals surface area (Å²) in [5, 5.41) is 8.46. The molecule has 0 N–H and O–H groups in total. The van der Waals surface area contributed by atoms with Crippen molar-refractivity contribution in [3.63, 3.8) is 0 Å². The van der Waals surface area contributed by atoms with Crippen LogP contribution in [0.25, 0.3) is 11.5 Å². The molecule has 2 aromatic heterocycles. The summed E-state index contributed by atoms with van der Waals surface area (Å²) in [5.74, 6) is 1.94. The van der Waals surface area contributed by atoms with Crippen LogP contribution in [0.3, 0.4) is 0 Å². The Hall–Kier alpha value is -1.78. The van der Waals surface area contributed by atoms with Gasteiger partial charge >= 0.3 is 0 Å². The van der Waals surface area contributed by atoms with E-state index in [9.17, 15) is 0 Å². The highest BCUT2D eigenvalue weighted by Gasteiger charge is 2.18. The first-order valence-corrected chi connectivity index (χ1v) is 5.56. The summed E-state index contributed by atoms with van der Waals surface area (Å²) < 4.78 is 2.17. The average molecular weight is 215 g/mol. The van der Waals surface area contributed by atoms with Gasteiger partial charge in [-0.05, 0) is 19.8 Å². The predicted octanol–water partition coefficient (Wildman–Crippen LogP) is 1.38. The molecule has 0 aromatic carbocycles. The van der Waals surface area contributed by atoms with E-state index in [2.05, 4.69) is 24.7 Å². The molecule has 2 aromatic rings. The summed E-state index contributed by atoms with van der Waals surface area (Å²) >= 11 is 0. The third-order valence-corrected chi connectivity index (χ3v) is 2.95. The fraction of sp³-hybridized carbons (Fsp3) is 0.455. The van der Waals surface area contributed by atoms with Gasteiger partial charge in [-0.25, -0.2) is 4.98 Å². The van der Waals surface area contributed by atoms with Gasteiger partial charge in [-0.1, -0.05) is 0 Å². The second-order valence-electron chi connectivity index (χ2n) is 4.04. The van der Waals surface area contributed by atoms with E-state index in [1.165, 1.54) is 12.8 Å². The van der Waals surface area contributed by atoms with Crippen LogP contribution in [0, 0.1) is 6.92 Å². The number of aryl methyl sites for hydroxylation is 2. The number of hydrogen-bond donors (Lipinski definition) is 0. The summed E-state index contributed by atoms with van der Waals surface area (Å²) in [4.78, 5) is 8.58. The van der Waals surface area contributed by atoms with E-state index in [1.54, 1.807) is 12.4 Å². The summed E-state index contributed by atoms with van der Waals surface area (Å²) in [6.45, 7) is 2.94. The molecule has 1 aliphatic heterocycles. The van der Waals surface area contributed by atoms with Crippen LogP contribution >= 0.6 is 0 Å². The normalized spacial score (nSPS) is 14.8. The minimum atomic E-state index is 0.850. The highest BCUT2D eigenvalue weighted by atomic mass is 15.3. The largest absolute Gasteiger partial charge is 0.310 e. The van der Waals surface area contributed by atoms with Crippen LogP contribution in [0.5, 0.6) is 0 Å². The summed E-state index contributed by atoms with van der Waals surface area (Å²) in [7, 11) is 0. The molecule has 5 nitrogen and oxygen atoms in total. The molecule has 0 saturated heterocycles. The van der Waals surface area contributed by atoms with Crippen LogP contribution in [-0.4, -0.2) is 24.7 Å². The second kappa shape index (κ2) is 3.66. The Bertz CT molecular complexity index is 517. The maximum Gasteiger partial charge on any atom is 0.184 e. The molecule has 16 heavy (non-hydrogen) atoms. The SMILES string of the molecule is Cc1nccnc1-c1nnc2n1CCCC2. The lowest BCUT2D eigenvalue weighted by Crippen LogP contribution is -2.12. The molecule has 0 atom stereocenters. The zero-order valence-electron chi connectivity index (χ0n) is 9.22. The predicted molar refractivity (Wildman–Crippen MR) is 58.7 cm³/mol. The lowest BCUT2D eigenvalue weighted by Gasteiger charge is -2.14. The molecule has 0 spiro atoms.